The van der Waals surface area contributed by atoms with Crippen molar-refractivity contribution in [2.75, 3.05) is 19.1 Å². The third-order valence-corrected chi connectivity index (χ3v) is 1.23. The second-order valence-corrected chi connectivity index (χ2v) is 1.95. The Balaban J connectivity index is 2.86. The van der Waals surface area contributed by atoms with Crippen LogP contribution in [0.5, 0.6) is 0 Å². The second-order valence-electron chi connectivity index (χ2n) is 1.16. The first-order valence-electron chi connectivity index (χ1n) is 2.23. The van der Waals surface area contributed by atoms with Crippen LogP contribution in [0, 0.1) is 0 Å². The lowest BCUT2D eigenvalue weighted by atomic mass is 10.7. The Labute approximate surface area is 58.3 Å². The number of hydrogen-bond acceptors (Lipinski definition) is 2. The van der Waals surface area contributed by atoms with E-state index in [0.717, 1.165) is 0 Å². The zero-order valence-electron chi connectivity index (χ0n) is 4.31. The van der Waals surface area contributed by atoms with Crippen molar-refractivity contribution in [1.82, 2.24) is 0 Å². The maximum absolute atomic E-state index is 8.18. The molecule has 0 bridgehead atoms. The van der Waals surface area contributed by atoms with Crippen LogP contribution in [-0.2, 0) is 4.74 Å². The summed E-state index contributed by atoms with van der Waals surface area (Å²) in [5.74, 6) is 0.252. The molecule has 1 N–H and O–H groups in total. The van der Waals surface area contributed by atoms with Crippen LogP contribution in [0.15, 0.2) is 0 Å². The van der Waals surface area contributed by atoms with Gasteiger partial charge in [-0.25, -0.2) is 0 Å². The van der Waals surface area contributed by atoms with Gasteiger partial charge in [-0.3, -0.25) is 0 Å². The Morgan fingerprint density at radius 1 is 1.62 bits per heavy atom. The van der Waals surface area contributed by atoms with E-state index in [9.17, 15) is 0 Å². The molecule has 0 aliphatic heterocycles. The summed E-state index contributed by atoms with van der Waals surface area (Å²) in [6.45, 7) is 0.237. The van der Waals surface area contributed by atoms with E-state index in [1.165, 1.54) is 0 Å². The molecule has 0 aromatic rings. The van der Waals surface area contributed by atoms with E-state index in [2.05, 4.69) is 0 Å². The second kappa shape index (κ2) is 5.63. The van der Waals surface area contributed by atoms with Gasteiger partial charge in [0.1, 0.15) is 5.56 Å². The van der Waals surface area contributed by atoms with Crippen molar-refractivity contribution in [3.63, 3.8) is 0 Å². The molecular weight excluding hydrogens is 151 g/mol. The van der Waals surface area contributed by atoms with Crippen LogP contribution < -0.4 is 0 Å². The number of aliphatic hydroxyl groups excluding tert-OH is 1. The van der Waals surface area contributed by atoms with Gasteiger partial charge in [-0.05, 0) is 0 Å². The van der Waals surface area contributed by atoms with E-state index in [1.54, 1.807) is 0 Å². The molecule has 0 aromatic carbocycles. The van der Waals surface area contributed by atoms with Gasteiger partial charge >= 0.3 is 0 Å². The topological polar surface area (TPSA) is 29.5 Å². The Bertz CT molecular complexity index is 51.3. The third-order valence-electron chi connectivity index (χ3n) is 0.511. The van der Waals surface area contributed by atoms with Crippen molar-refractivity contribution in [2.45, 2.75) is 5.56 Å². The van der Waals surface area contributed by atoms with E-state index in [-0.39, 0.29) is 19.1 Å². The normalized spacial score (nSPS) is 13.9. The molecule has 8 heavy (non-hydrogen) atoms. The highest BCUT2D eigenvalue weighted by Crippen LogP contribution is 1.98. The van der Waals surface area contributed by atoms with E-state index in [4.69, 9.17) is 33.0 Å². The predicted molar refractivity (Wildman–Crippen MR) is 33.4 cm³/mol. The summed E-state index contributed by atoms with van der Waals surface area (Å²) < 4.78 is 4.72. The molecule has 0 spiro atoms. The highest BCUT2D eigenvalue weighted by molar-refractivity contribution is 6.27. The van der Waals surface area contributed by atoms with Crippen LogP contribution in [0.4, 0.5) is 0 Å². The Kier molecular flexibility index (Phi) is 5.99. The minimum absolute atomic E-state index is 0.0138. The summed E-state index contributed by atoms with van der Waals surface area (Å²) in [5.41, 5.74) is -0.469. The van der Waals surface area contributed by atoms with Crippen LogP contribution in [-0.4, -0.2) is 29.8 Å². The summed E-state index contributed by atoms with van der Waals surface area (Å²) in [6.07, 6.45) is 0. The van der Waals surface area contributed by atoms with E-state index >= 15 is 0 Å². The van der Waals surface area contributed by atoms with Crippen molar-refractivity contribution in [3.05, 3.63) is 0 Å². The molecule has 0 aliphatic carbocycles. The maximum Gasteiger partial charge on any atom is 0.144 e. The quantitative estimate of drug-likeness (QED) is 0.614. The predicted octanol–water partition coefficient (Wildman–Crippen LogP) is 0.799. The van der Waals surface area contributed by atoms with Gasteiger partial charge in [-0.15, -0.1) is 11.6 Å². The molecule has 0 saturated carbocycles. The Morgan fingerprint density at radius 2 is 2.25 bits per heavy atom. The number of rotatable bonds is 4. The van der Waals surface area contributed by atoms with Crippen LogP contribution in [0.1, 0.15) is 0 Å². The zero-order valence-corrected chi connectivity index (χ0v) is 5.82. The lowest BCUT2D eigenvalue weighted by Crippen LogP contribution is -2.09. The molecule has 0 radical (unpaired) electrons. The van der Waals surface area contributed by atoms with Gasteiger partial charge in [0.2, 0.25) is 0 Å². The maximum atomic E-state index is 8.18. The molecule has 1 atom stereocenters. The highest BCUT2D eigenvalue weighted by atomic mass is 35.5. The molecule has 4 heteroatoms. The Hall–Kier alpha value is 0.500. The number of alkyl halides is 2. The minimum atomic E-state index is -0.469. The number of halogens is 2. The fraction of sp³-hybridized carbons (Fsp3) is 1.00. The van der Waals surface area contributed by atoms with Crippen LogP contribution in [0.25, 0.3) is 0 Å². The van der Waals surface area contributed by atoms with Crippen molar-refractivity contribution >= 4 is 23.2 Å². The monoisotopic (exact) mass is 158 g/mol. The number of hydrogen-bond donors (Lipinski definition) is 1. The average Bonchev–Trinajstić information content (AvgIpc) is 1.83. The number of ether oxygens (including phenoxy) is 1. The lowest BCUT2D eigenvalue weighted by molar-refractivity contribution is 0.0821. The van der Waals surface area contributed by atoms with Gasteiger partial charge in [0, 0.05) is 0 Å². The molecule has 2 nitrogen and oxygen atoms in total. The summed E-state index contributed by atoms with van der Waals surface area (Å²) in [7, 11) is 0. The molecule has 0 aromatic heterocycles. The van der Waals surface area contributed by atoms with Crippen LogP contribution in [0.3, 0.4) is 0 Å². The van der Waals surface area contributed by atoms with Gasteiger partial charge in [0.15, 0.2) is 0 Å². The first-order chi connectivity index (χ1) is 3.81. The third kappa shape index (κ3) is 4.65. The minimum Gasteiger partial charge on any atom is -0.394 e. The van der Waals surface area contributed by atoms with Gasteiger partial charge < -0.3 is 9.84 Å². The lowest BCUT2D eigenvalue weighted by Gasteiger charge is -2.03. The average molecular weight is 159 g/mol. The molecular formula is C4H8Cl2O2. The summed E-state index contributed by atoms with van der Waals surface area (Å²) in [5, 5.41) is 8.18. The van der Waals surface area contributed by atoms with E-state index < -0.39 is 5.56 Å². The molecule has 0 fully saturated rings. The smallest absolute Gasteiger partial charge is 0.144 e. The van der Waals surface area contributed by atoms with Crippen LogP contribution >= 0.6 is 23.2 Å². The van der Waals surface area contributed by atoms with Gasteiger partial charge in [0.05, 0.1) is 19.1 Å². The Morgan fingerprint density at radius 3 is 2.62 bits per heavy atom. The van der Waals surface area contributed by atoms with Gasteiger partial charge in [0.25, 0.3) is 0 Å². The SMILES string of the molecule is OCCOC(Cl)CCl. The number of aliphatic hydroxyl groups is 1. The largest absolute Gasteiger partial charge is 0.394 e. The summed E-state index contributed by atoms with van der Waals surface area (Å²) in [4.78, 5) is 0. The summed E-state index contributed by atoms with van der Waals surface area (Å²) in [6, 6.07) is 0. The van der Waals surface area contributed by atoms with Crippen molar-refractivity contribution in [1.29, 1.82) is 0 Å². The summed E-state index contributed by atoms with van der Waals surface area (Å²) >= 11 is 10.6. The molecule has 0 saturated heterocycles. The zero-order chi connectivity index (χ0) is 6.41. The molecule has 1 unspecified atom stereocenters. The highest BCUT2D eigenvalue weighted by Gasteiger charge is 1.98. The van der Waals surface area contributed by atoms with Crippen LogP contribution in [0.2, 0.25) is 0 Å². The van der Waals surface area contributed by atoms with Crippen molar-refractivity contribution in [2.24, 2.45) is 0 Å². The molecule has 0 aliphatic rings. The van der Waals surface area contributed by atoms with E-state index in [0.29, 0.717) is 0 Å². The van der Waals surface area contributed by atoms with Gasteiger partial charge in [-0.2, -0.15) is 0 Å². The van der Waals surface area contributed by atoms with E-state index in [1.807, 2.05) is 0 Å². The first-order valence-corrected chi connectivity index (χ1v) is 3.21. The molecule has 0 amide bonds. The van der Waals surface area contributed by atoms with Crippen molar-refractivity contribution in [3.8, 4) is 0 Å². The van der Waals surface area contributed by atoms with Crippen molar-refractivity contribution < 1.29 is 9.84 Å². The fourth-order valence-corrected chi connectivity index (χ4v) is 0.403. The first kappa shape index (κ1) is 8.50. The molecule has 0 rings (SSSR count). The standard InChI is InChI=1S/C4H8Cl2O2/c5-3-4(6)8-2-1-7/h4,7H,1-3H2. The molecule has 50 valence electrons. The fourth-order valence-electron chi connectivity index (χ4n) is 0.225. The van der Waals surface area contributed by atoms with Gasteiger partial charge in [-0.1, -0.05) is 11.6 Å². The molecule has 0 heterocycles.